The van der Waals surface area contributed by atoms with Gasteiger partial charge in [0.25, 0.3) is 5.91 Å². The van der Waals surface area contributed by atoms with Gasteiger partial charge in [0.05, 0.1) is 11.7 Å². The van der Waals surface area contributed by atoms with Gasteiger partial charge in [0.1, 0.15) is 0 Å². The quantitative estimate of drug-likeness (QED) is 0.898. The summed E-state index contributed by atoms with van der Waals surface area (Å²) in [6.45, 7) is 5.02. The van der Waals surface area contributed by atoms with E-state index in [0.717, 1.165) is 19.4 Å². The van der Waals surface area contributed by atoms with Crippen LogP contribution in [0.4, 0.5) is 0 Å². The lowest BCUT2D eigenvalue weighted by Gasteiger charge is -2.59. The van der Waals surface area contributed by atoms with Gasteiger partial charge in [-0.05, 0) is 31.0 Å². The van der Waals surface area contributed by atoms with Gasteiger partial charge >= 0.3 is 5.97 Å². The van der Waals surface area contributed by atoms with E-state index in [9.17, 15) is 9.59 Å². The zero-order valence-corrected chi connectivity index (χ0v) is 12.8. The highest BCUT2D eigenvalue weighted by Gasteiger charge is 2.58. The molecule has 1 aromatic rings. The van der Waals surface area contributed by atoms with E-state index >= 15 is 0 Å². The van der Waals surface area contributed by atoms with Gasteiger partial charge in [0.2, 0.25) is 0 Å². The lowest BCUT2D eigenvalue weighted by molar-refractivity contribution is -0.189. The molecule has 0 bridgehead atoms. The Hall–Kier alpha value is -1.88. The summed E-state index contributed by atoms with van der Waals surface area (Å²) < 4.78 is 5.83. The lowest BCUT2D eigenvalue weighted by Crippen LogP contribution is -2.70. The van der Waals surface area contributed by atoms with E-state index < -0.39 is 5.97 Å². The second-order valence-electron chi connectivity index (χ2n) is 6.76. The van der Waals surface area contributed by atoms with E-state index in [1.165, 1.54) is 12.1 Å². The summed E-state index contributed by atoms with van der Waals surface area (Å²) in [5.74, 6) is -0.889. The van der Waals surface area contributed by atoms with Gasteiger partial charge in [-0.2, -0.15) is 0 Å². The third-order valence-electron chi connectivity index (χ3n) is 4.99. The fourth-order valence-corrected chi connectivity index (χ4v) is 3.83. The average molecular weight is 303 g/mol. The molecule has 3 rings (SSSR count). The Labute approximate surface area is 129 Å². The van der Waals surface area contributed by atoms with E-state index in [4.69, 9.17) is 9.84 Å². The van der Waals surface area contributed by atoms with Gasteiger partial charge in [-0.15, -0.1) is 0 Å². The van der Waals surface area contributed by atoms with E-state index in [0.29, 0.717) is 11.5 Å². The summed E-state index contributed by atoms with van der Waals surface area (Å²) >= 11 is 0. The Kier molecular flexibility index (Phi) is 3.68. The number of carbonyl (C=O) groups is 2. The predicted molar refractivity (Wildman–Crippen MR) is 80.9 cm³/mol. The highest BCUT2D eigenvalue weighted by atomic mass is 16.5. The molecule has 2 N–H and O–H groups in total. The monoisotopic (exact) mass is 303 g/mol. The van der Waals surface area contributed by atoms with E-state index in [1.807, 2.05) is 0 Å². The van der Waals surface area contributed by atoms with Crippen molar-refractivity contribution in [2.24, 2.45) is 11.3 Å². The topological polar surface area (TPSA) is 75.6 Å². The molecule has 1 aromatic carbocycles. The van der Waals surface area contributed by atoms with Crippen LogP contribution in [0.15, 0.2) is 24.3 Å². The van der Waals surface area contributed by atoms with Gasteiger partial charge in [0, 0.05) is 29.5 Å². The molecule has 1 saturated heterocycles. The zero-order chi connectivity index (χ0) is 15.9. The van der Waals surface area contributed by atoms with E-state index in [2.05, 4.69) is 19.2 Å². The first-order valence-electron chi connectivity index (χ1n) is 7.67. The number of benzene rings is 1. The van der Waals surface area contributed by atoms with Crippen LogP contribution in [0.2, 0.25) is 0 Å². The molecule has 5 heteroatoms. The summed E-state index contributed by atoms with van der Waals surface area (Å²) in [4.78, 5) is 23.4. The number of rotatable bonds is 3. The summed E-state index contributed by atoms with van der Waals surface area (Å²) in [5.41, 5.74) is 0.417. The number of hydrogen-bond donors (Lipinski definition) is 2. The maximum absolute atomic E-state index is 12.4. The molecule has 1 aliphatic heterocycles. The fraction of sp³-hybridized carbons (Fsp3) is 0.529. The summed E-state index contributed by atoms with van der Waals surface area (Å²) in [6.07, 6.45) is 2.30. The summed E-state index contributed by atoms with van der Waals surface area (Å²) in [6, 6.07) is 6.20. The van der Waals surface area contributed by atoms with Crippen LogP contribution in [0, 0.1) is 11.3 Å². The minimum atomic E-state index is -1.03. The highest BCUT2D eigenvalue weighted by molar-refractivity contribution is 5.97. The van der Waals surface area contributed by atoms with Crippen molar-refractivity contribution in [3.8, 4) is 0 Å². The molecule has 1 amide bonds. The number of hydrogen-bond acceptors (Lipinski definition) is 3. The zero-order valence-electron chi connectivity index (χ0n) is 12.8. The number of amides is 1. The van der Waals surface area contributed by atoms with Gasteiger partial charge in [0.15, 0.2) is 0 Å². The molecule has 0 radical (unpaired) electrons. The van der Waals surface area contributed by atoms with Crippen LogP contribution in [-0.2, 0) is 4.74 Å². The first-order chi connectivity index (χ1) is 10.4. The largest absolute Gasteiger partial charge is 0.478 e. The lowest BCUT2D eigenvalue weighted by atomic mass is 9.55. The maximum Gasteiger partial charge on any atom is 0.335 e. The number of ether oxygens (including phenoxy) is 1. The van der Waals surface area contributed by atoms with Crippen molar-refractivity contribution in [3.63, 3.8) is 0 Å². The van der Waals surface area contributed by atoms with Crippen molar-refractivity contribution in [1.82, 2.24) is 5.32 Å². The Balaban J connectivity index is 1.74. The first-order valence-corrected chi connectivity index (χ1v) is 7.67. The minimum absolute atomic E-state index is 0.0683. The van der Waals surface area contributed by atoms with Crippen LogP contribution in [0.3, 0.4) is 0 Å². The fourth-order valence-electron chi connectivity index (χ4n) is 3.83. The smallest absolute Gasteiger partial charge is 0.335 e. The molecule has 0 spiro atoms. The molecule has 0 aromatic heterocycles. The molecule has 1 saturated carbocycles. The molecule has 3 unspecified atom stereocenters. The standard InChI is InChI=1S/C17H21NO4/c1-17(2)13(12-7-4-8-22-14(12)17)18-15(19)10-5-3-6-11(9-10)16(20)21/h3,5-6,9,12-14H,4,7-8H2,1-2H3,(H,18,19)(H,20,21). The molecular formula is C17H21NO4. The van der Waals surface area contributed by atoms with E-state index in [-0.39, 0.29) is 29.0 Å². The van der Waals surface area contributed by atoms with Crippen LogP contribution in [0.25, 0.3) is 0 Å². The minimum Gasteiger partial charge on any atom is -0.478 e. The van der Waals surface area contributed by atoms with Gasteiger partial charge < -0.3 is 15.2 Å². The predicted octanol–water partition coefficient (Wildman–Crippen LogP) is 2.32. The van der Waals surface area contributed by atoms with Crippen LogP contribution in [0.5, 0.6) is 0 Å². The Morgan fingerprint density at radius 1 is 1.32 bits per heavy atom. The number of fused-ring (bicyclic) bond motifs is 1. The number of carbonyl (C=O) groups excluding carboxylic acids is 1. The molecule has 22 heavy (non-hydrogen) atoms. The molecule has 2 fully saturated rings. The first kappa shape index (κ1) is 15.0. The second kappa shape index (κ2) is 5.39. The van der Waals surface area contributed by atoms with Crippen molar-refractivity contribution < 1.29 is 19.4 Å². The maximum atomic E-state index is 12.4. The number of carboxylic acid groups (broad SMARTS) is 1. The molecule has 2 aliphatic rings. The molecule has 1 heterocycles. The highest BCUT2D eigenvalue weighted by Crippen LogP contribution is 2.51. The third-order valence-corrected chi connectivity index (χ3v) is 4.99. The molecular weight excluding hydrogens is 282 g/mol. The van der Waals surface area contributed by atoms with Gasteiger partial charge in [-0.3, -0.25) is 4.79 Å². The number of nitrogens with one attached hydrogen (secondary N) is 1. The van der Waals surface area contributed by atoms with Crippen molar-refractivity contribution in [1.29, 1.82) is 0 Å². The Morgan fingerprint density at radius 3 is 2.77 bits per heavy atom. The Bertz CT molecular complexity index is 610. The van der Waals surface area contributed by atoms with Gasteiger partial charge in [-0.25, -0.2) is 4.79 Å². The summed E-state index contributed by atoms with van der Waals surface area (Å²) in [7, 11) is 0. The summed E-state index contributed by atoms with van der Waals surface area (Å²) in [5, 5.41) is 12.1. The molecule has 1 aliphatic carbocycles. The van der Waals surface area contributed by atoms with E-state index in [1.54, 1.807) is 12.1 Å². The van der Waals surface area contributed by atoms with Crippen LogP contribution < -0.4 is 5.32 Å². The van der Waals surface area contributed by atoms with Crippen molar-refractivity contribution in [3.05, 3.63) is 35.4 Å². The van der Waals surface area contributed by atoms with Crippen LogP contribution >= 0.6 is 0 Å². The molecule has 3 atom stereocenters. The van der Waals surface area contributed by atoms with Gasteiger partial charge in [-0.1, -0.05) is 19.9 Å². The SMILES string of the molecule is CC1(C)C(NC(=O)c2cccc(C(=O)O)c2)C2CCCOC21. The molecule has 5 nitrogen and oxygen atoms in total. The van der Waals surface area contributed by atoms with Crippen LogP contribution in [0.1, 0.15) is 47.4 Å². The van der Waals surface area contributed by atoms with Crippen molar-refractivity contribution >= 4 is 11.9 Å². The van der Waals surface area contributed by atoms with Crippen LogP contribution in [-0.4, -0.2) is 35.7 Å². The average Bonchev–Trinajstić information content (AvgIpc) is 2.52. The molecule has 118 valence electrons. The third kappa shape index (κ3) is 2.39. The second-order valence-corrected chi connectivity index (χ2v) is 6.76. The number of carboxylic acids is 1. The van der Waals surface area contributed by atoms with Crippen molar-refractivity contribution in [2.45, 2.75) is 38.8 Å². The Morgan fingerprint density at radius 2 is 2.05 bits per heavy atom. The number of aromatic carboxylic acids is 1. The van der Waals surface area contributed by atoms with Crippen molar-refractivity contribution in [2.75, 3.05) is 6.61 Å². The normalized spacial score (nSPS) is 29.1.